The summed E-state index contributed by atoms with van der Waals surface area (Å²) in [5, 5.41) is 0. The van der Waals surface area contributed by atoms with Gasteiger partial charge in [0, 0.05) is 18.0 Å². The van der Waals surface area contributed by atoms with E-state index < -0.39 is 0 Å². The number of aromatic amines is 1. The van der Waals surface area contributed by atoms with Gasteiger partial charge in [-0.05, 0) is 81.2 Å². The molecule has 1 saturated heterocycles. The van der Waals surface area contributed by atoms with Crippen molar-refractivity contribution in [2.24, 2.45) is 11.7 Å². The molecule has 3 aromatic rings. The number of carbonyl (C=O) groups is 1. The second kappa shape index (κ2) is 13.7. The highest BCUT2D eigenvalue weighted by molar-refractivity contribution is 5.78. The topological polar surface area (TPSA) is 75.0 Å². The number of nitrogens with zero attached hydrogens (tertiary/aromatic N) is 2. The largest absolute Gasteiger partial charge is 0.340 e. The maximum atomic E-state index is 13.1. The molecule has 1 aliphatic carbocycles. The number of likely N-dealkylation sites (tertiary alicyclic amines) is 1. The van der Waals surface area contributed by atoms with E-state index in [1.54, 1.807) is 0 Å². The lowest BCUT2D eigenvalue weighted by Crippen LogP contribution is -2.36. The van der Waals surface area contributed by atoms with E-state index in [0.29, 0.717) is 12.3 Å². The molecule has 2 aromatic carbocycles. The number of aromatic nitrogens is 2. The van der Waals surface area contributed by atoms with E-state index in [9.17, 15) is 4.79 Å². The van der Waals surface area contributed by atoms with Crippen LogP contribution in [0.5, 0.6) is 0 Å². The zero-order valence-corrected chi connectivity index (χ0v) is 24.6. The molecule has 0 saturated carbocycles. The number of H-pyrrole nitrogens is 1. The van der Waals surface area contributed by atoms with E-state index in [1.165, 1.54) is 46.8 Å². The first-order valence-corrected chi connectivity index (χ1v) is 14.6. The first-order chi connectivity index (χ1) is 18.5. The average molecular weight is 517 g/mol. The van der Waals surface area contributed by atoms with Gasteiger partial charge >= 0.3 is 0 Å². The normalized spacial score (nSPS) is 18.7. The van der Waals surface area contributed by atoms with Gasteiger partial charge in [-0.2, -0.15) is 0 Å². The predicted molar refractivity (Wildman–Crippen MR) is 160 cm³/mol. The Bertz CT molecular complexity index is 1200. The van der Waals surface area contributed by atoms with Gasteiger partial charge < -0.3 is 15.6 Å². The Labute approximate surface area is 230 Å². The van der Waals surface area contributed by atoms with Gasteiger partial charge in [-0.3, -0.25) is 4.79 Å². The van der Waals surface area contributed by atoms with Crippen LogP contribution in [-0.4, -0.2) is 33.9 Å². The Morgan fingerprint density at radius 3 is 2.47 bits per heavy atom. The van der Waals surface area contributed by atoms with Crippen LogP contribution >= 0.6 is 0 Å². The van der Waals surface area contributed by atoms with Crippen LogP contribution in [-0.2, 0) is 17.6 Å². The number of amides is 1. The van der Waals surface area contributed by atoms with Crippen molar-refractivity contribution < 1.29 is 4.79 Å². The number of nitrogens with two attached hydrogens (primary N) is 1. The Morgan fingerprint density at radius 2 is 1.79 bits per heavy atom. The molecule has 3 N–H and O–H groups in total. The number of hydrogen-bond donors (Lipinski definition) is 2. The number of fused-ring (bicyclic) bond motifs is 1. The molecule has 2 aliphatic rings. The van der Waals surface area contributed by atoms with Crippen LogP contribution in [0.15, 0.2) is 42.6 Å². The third-order valence-electron chi connectivity index (χ3n) is 7.99. The third kappa shape index (κ3) is 6.20. The molecule has 2 heterocycles. The Kier molecular flexibility index (Phi) is 10.7. The summed E-state index contributed by atoms with van der Waals surface area (Å²) in [4.78, 5) is 23.7. The SMILES string of the molecule is CC.CCC(C)CC(=O)N1C(C)CCC1c1ncc(-c2ccc(-c3cccc(C)c3)c3c2CCC3)[nH]1.CN. The molecule has 5 rings (SSSR count). The summed E-state index contributed by atoms with van der Waals surface area (Å²) in [6.07, 6.45) is 9.09. The van der Waals surface area contributed by atoms with Gasteiger partial charge in [0.25, 0.3) is 0 Å². The van der Waals surface area contributed by atoms with E-state index in [2.05, 4.69) is 79.7 Å². The third-order valence-corrected chi connectivity index (χ3v) is 7.99. The van der Waals surface area contributed by atoms with Crippen molar-refractivity contribution in [3.8, 4) is 22.4 Å². The van der Waals surface area contributed by atoms with E-state index in [4.69, 9.17) is 4.98 Å². The monoisotopic (exact) mass is 516 g/mol. The molecule has 1 aromatic heterocycles. The van der Waals surface area contributed by atoms with Gasteiger partial charge in [-0.25, -0.2) is 4.98 Å². The number of imidazole rings is 1. The minimum Gasteiger partial charge on any atom is -0.340 e. The van der Waals surface area contributed by atoms with Crippen molar-refractivity contribution in [1.29, 1.82) is 0 Å². The molecule has 0 spiro atoms. The minimum atomic E-state index is 0.0555. The molecule has 1 fully saturated rings. The Balaban J connectivity index is 0.000000956. The van der Waals surface area contributed by atoms with Gasteiger partial charge in [0.05, 0.1) is 17.9 Å². The number of benzene rings is 2. The van der Waals surface area contributed by atoms with Crippen molar-refractivity contribution in [2.75, 3.05) is 7.05 Å². The van der Waals surface area contributed by atoms with Crippen LogP contribution in [0.1, 0.15) is 95.3 Å². The first kappa shape index (κ1) is 29.6. The highest BCUT2D eigenvalue weighted by Gasteiger charge is 2.37. The number of rotatable bonds is 6. The van der Waals surface area contributed by atoms with Gasteiger partial charge in [0.1, 0.15) is 5.82 Å². The van der Waals surface area contributed by atoms with E-state index >= 15 is 0 Å². The highest BCUT2D eigenvalue weighted by atomic mass is 16.2. The summed E-state index contributed by atoms with van der Waals surface area (Å²) in [5.74, 6) is 1.62. The van der Waals surface area contributed by atoms with Crippen molar-refractivity contribution in [2.45, 2.75) is 98.6 Å². The van der Waals surface area contributed by atoms with Gasteiger partial charge in [0.15, 0.2) is 0 Å². The minimum absolute atomic E-state index is 0.0555. The van der Waals surface area contributed by atoms with Crippen LogP contribution in [0.2, 0.25) is 0 Å². The summed E-state index contributed by atoms with van der Waals surface area (Å²) in [7, 11) is 1.50. The van der Waals surface area contributed by atoms with Crippen LogP contribution < -0.4 is 5.73 Å². The fourth-order valence-electron chi connectivity index (χ4n) is 5.90. The summed E-state index contributed by atoms with van der Waals surface area (Å²) >= 11 is 0. The van der Waals surface area contributed by atoms with Gasteiger partial charge in [-0.1, -0.05) is 76.1 Å². The summed E-state index contributed by atoms with van der Waals surface area (Å²) < 4.78 is 0. The molecule has 0 radical (unpaired) electrons. The van der Waals surface area contributed by atoms with Crippen LogP contribution in [0.3, 0.4) is 0 Å². The number of carbonyl (C=O) groups excluding carboxylic acids is 1. The molecular weight excluding hydrogens is 468 g/mol. The maximum absolute atomic E-state index is 13.1. The number of aryl methyl sites for hydroxylation is 1. The lowest BCUT2D eigenvalue weighted by atomic mass is 9.92. The van der Waals surface area contributed by atoms with Crippen molar-refractivity contribution in [3.63, 3.8) is 0 Å². The number of hydrogen-bond acceptors (Lipinski definition) is 3. The van der Waals surface area contributed by atoms with Crippen molar-refractivity contribution in [3.05, 3.63) is 65.1 Å². The summed E-state index contributed by atoms with van der Waals surface area (Å²) in [5.41, 5.74) is 13.8. The molecule has 206 valence electrons. The molecule has 5 nitrogen and oxygen atoms in total. The van der Waals surface area contributed by atoms with Gasteiger partial charge in [0.2, 0.25) is 5.91 Å². The molecule has 5 heteroatoms. The van der Waals surface area contributed by atoms with Crippen LogP contribution in [0.25, 0.3) is 22.4 Å². The predicted octanol–water partition coefficient (Wildman–Crippen LogP) is 7.63. The molecule has 1 aliphatic heterocycles. The van der Waals surface area contributed by atoms with Gasteiger partial charge in [-0.15, -0.1) is 0 Å². The standard InChI is InChI=1S/C30H37N3O.C2H6.CH5N/c1-5-19(2)17-29(34)33-21(4)12-15-28(33)30-31-18-27(32-30)26-14-13-23(24-10-7-11-25(24)26)22-9-6-8-20(3)16-22;2*1-2/h6,8-9,13-14,16,18-19,21,28H,5,7,10-12,15,17H2,1-4H3,(H,31,32);1-2H3;2H2,1H3. The fourth-order valence-corrected chi connectivity index (χ4v) is 5.90. The molecule has 3 unspecified atom stereocenters. The van der Waals surface area contributed by atoms with E-state index in [0.717, 1.165) is 43.6 Å². The Hall–Kier alpha value is -2.92. The lowest BCUT2D eigenvalue weighted by molar-refractivity contribution is -0.135. The van der Waals surface area contributed by atoms with Crippen molar-refractivity contribution >= 4 is 5.91 Å². The first-order valence-electron chi connectivity index (χ1n) is 14.6. The second-order valence-electron chi connectivity index (χ2n) is 10.5. The summed E-state index contributed by atoms with van der Waals surface area (Å²) in [6.45, 7) is 12.7. The molecule has 1 amide bonds. The lowest BCUT2D eigenvalue weighted by Gasteiger charge is -2.28. The molecule has 0 bridgehead atoms. The zero-order chi connectivity index (χ0) is 27.8. The average Bonchev–Trinajstić information content (AvgIpc) is 3.70. The summed E-state index contributed by atoms with van der Waals surface area (Å²) in [6, 6.07) is 13.7. The smallest absolute Gasteiger partial charge is 0.223 e. The van der Waals surface area contributed by atoms with Crippen molar-refractivity contribution in [1.82, 2.24) is 14.9 Å². The molecular formula is C33H48N4O. The molecule has 3 atom stereocenters. The van der Waals surface area contributed by atoms with Crippen LogP contribution in [0, 0.1) is 12.8 Å². The Morgan fingerprint density at radius 1 is 1.11 bits per heavy atom. The zero-order valence-electron chi connectivity index (χ0n) is 24.6. The van der Waals surface area contributed by atoms with E-state index in [1.807, 2.05) is 20.0 Å². The van der Waals surface area contributed by atoms with Crippen LogP contribution in [0.4, 0.5) is 0 Å². The number of nitrogens with one attached hydrogen (secondary N) is 1. The quantitative estimate of drug-likeness (QED) is 0.354. The fraction of sp³-hybridized carbons (Fsp3) is 0.515. The van der Waals surface area contributed by atoms with E-state index in [-0.39, 0.29) is 18.0 Å². The molecule has 38 heavy (non-hydrogen) atoms. The maximum Gasteiger partial charge on any atom is 0.223 e. The highest BCUT2D eigenvalue weighted by Crippen LogP contribution is 2.40. The second-order valence-corrected chi connectivity index (χ2v) is 10.5.